The van der Waals surface area contributed by atoms with Crippen molar-refractivity contribution in [2.45, 2.75) is 25.8 Å². The lowest BCUT2D eigenvalue weighted by molar-refractivity contribution is -0.137. The van der Waals surface area contributed by atoms with Gasteiger partial charge >= 0.3 is 5.97 Å². The first kappa shape index (κ1) is 13.5. The number of terminal acetylenes is 1. The number of likely N-dealkylation sites (N-methyl/N-ethyl adjacent to an activating group) is 1. The molecule has 5 heteroatoms. The fourth-order valence-electron chi connectivity index (χ4n) is 1.09. The Bertz CT molecular complexity index is 270. The van der Waals surface area contributed by atoms with Gasteiger partial charge in [0.1, 0.15) is 0 Å². The van der Waals surface area contributed by atoms with Crippen molar-refractivity contribution in [3.63, 3.8) is 0 Å². The first-order chi connectivity index (χ1) is 7.02. The van der Waals surface area contributed by atoms with Crippen molar-refractivity contribution in [2.24, 2.45) is 5.73 Å². The van der Waals surface area contributed by atoms with Crippen LogP contribution < -0.4 is 5.73 Å². The highest BCUT2D eigenvalue weighted by Crippen LogP contribution is 2.00. The van der Waals surface area contributed by atoms with Gasteiger partial charge in [-0.05, 0) is 13.3 Å². The summed E-state index contributed by atoms with van der Waals surface area (Å²) >= 11 is 0. The van der Waals surface area contributed by atoms with Crippen LogP contribution in [0, 0.1) is 12.3 Å². The topological polar surface area (TPSA) is 83.6 Å². The molecular formula is C10H16N2O3. The number of hydrogen-bond acceptors (Lipinski definition) is 3. The largest absolute Gasteiger partial charge is 0.481 e. The fourth-order valence-corrected chi connectivity index (χ4v) is 1.09. The van der Waals surface area contributed by atoms with Gasteiger partial charge in [-0.15, -0.1) is 6.42 Å². The van der Waals surface area contributed by atoms with Crippen molar-refractivity contribution in [3.8, 4) is 12.3 Å². The molecule has 0 aliphatic rings. The molecule has 84 valence electrons. The summed E-state index contributed by atoms with van der Waals surface area (Å²) in [6.07, 6.45) is 5.11. The van der Waals surface area contributed by atoms with E-state index in [0.29, 0.717) is 6.54 Å². The molecule has 0 aromatic carbocycles. The highest BCUT2D eigenvalue weighted by atomic mass is 16.4. The minimum atomic E-state index is -0.960. The van der Waals surface area contributed by atoms with Crippen molar-refractivity contribution >= 4 is 11.9 Å². The minimum Gasteiger partial charge on any atom is -0.481 e. The van der Waals surface area contributed by atoms with Crippen LogP contribution in [0.1, 0.15) is 19.8 Å². The Labute approximate surface area is 89.2 Å². The van der Waals surface area contributed by atoms with E-state index < -0.39 is 12.0 Å². The molecular weight excluding hydrogens is 196 g/mol. The number of hydrogen-bond donors (Lipinski definition) is 2. The molecule has 0 aromatic heterocycles. The van der Waals surface area contributed by atoms with Gasteiger partial charge in [0.25, 0.3) is 0 Å². The second kappa shape index (κ2) is 6.85. The lowest BCUT2D eigenvalue weighted by Crippen LogP contribution is -2.44. The molecule has 0 saturated heterocycles. The zero-order valence-corrected chi connectivity index (χ0v) is 8.77. The van der Waals surface area contributed by atoms with Crippen LogP contribution in [0.25, 0.3) is 0 Å². The van der Waals surface area contributed by atoms with Gasteiger partial charge < -0.3 is 15.7 Å². The maximum Gasteiger partial charge on any atom is 0.303 e. The molecule has 0 radical (unpaired) electrons. The molecule has 0 saturated carbocycles. The number of carboxylic acids is 1. The third kappa shape index (κ3) is 5.03. The summed E-state index contributed by atoms with van der Waals surface area (Å²) in [6, 6.07) is -0.783. The maximum absolute atomic E-state index is 11.6. The zero-order chi connectivity index (χ0) is 11.8. The number of carboxylic acid groups (broad SMARTS) is 1. The Hall–Kier alpha value is -1.54. The smallest absolute Gasteiger partial charge is 0.303 e. The van der Waals surface area contributed by atoms with Gasteiger partial charge in [-0.1, -0.05) is 5.92 Å². The molecule has 0 aliphatic heterocycles. The van der Waals surface area contributed by atoms with E-state index in [1.165, 1.54) is 4.90 Å². The normalized spacial score (nSPS) is 11.5. The molecule has 0 aliphatic carbocycles. The van der Waals surface area contributed by atoms with Crippen LogP contribution in [0.2, 0.25) is 0 Å². The SMILES string of the molecule is C#CCN(CC)C(=O)C(N)CCC(=O)O. The molecule has 3 N–H and O–H groups in total. The van der Waals surface area contributed by atoms with Crippen molar-refractivity contribution < 1.29 is 14.7 Å². The second-order valence-electron chi connectivity index (χ2n) is 3.10. The molecule has 5 nitrogen and oxygen atoms in total. The maximum atomic E-state index is 11.6. The van der Waals surface area contributed by atoms with E-state index in [0.717, 1.165) is 0 Å². The summed E-state index contributed by atoms with van der Waals surface area (Å²) < 4.78 is 0. The van der Waals surface area contributed by atoms with Crippen molar-refractivity contribution in [1.82, 2.24) is 4.90 Å². The van der Waals surface area contributed by atoms with Crippen LogP contribution in [-0.4, -0.2) is 41.0 Å². The number of carbonyl (C=O) groups excluding carboxylic acids is 1. The fraction of sp³-hybridized carbons (Fsp3) is 0.600. The highest BCUT2D eigenvalue weighted by Gasteiger charge is 2.19. The van der Waals surface area contributed by atoms with Crippen LogP contribution in [0.4, 0.5) is 0 Å². The quantitative estimate of drug-likeness (QED) is 0.590. The molecule has 0 rings (SSSR count). The van der Waals surface area contributed by atoms with Crippen LogP contribution in [0.3, 0.4) is 0 Å². The summed E-state index contributed by atoms with van der Waals surface area (Å²) in [4.78, 5) is 23.3. The lowest BCUT2D eigenvalue weighted by atomic mass is 10.1. The standard InChI is InChI=1S/C10H16N2O3/c1-3-7-12(4-2)10(15)8(11)5-6-9(13)14/h1,8H,4-7,11H2,2H3,(H,13,14). The Morgan fingerprint density at radius 3 is 2.60 bits per heavy atom. The van der Waals surface area contributed by atoms with Crippen LogP contribution in [0.15, 0.2) is 0 Å². The van der Waals surface area contributed by atoms with E-state index >= 15 is 0 Å². The van der Waals surface area contributed by atoms with Crippen molar-refractivity contribution in [3.05, 3.63) is 0 Å². The van der Waals surface area contributed by atoms with Crippen LogP contribution in [-0.2, 0) is 9.59 Å². The number of nitrogens with two attached hydrogens (primary N) is 1. The first-order valence-corrected chi connectivity index (χ1v) is 4.72. The van der Waals surface area contributed by atoms with Crippen molar-refractivity contribution in [1.29, 1.82) is 0 Å². The van der Waals surface area contributed by atoms with Gasteiger partial charge in [0, 0.05) is 13.0 Å². The Kier molecular flexibility index (Phi) is 6.14. The Balaban J connectivity index is 4.17. The monoisotopic (exact) mass is 212 g/mol. The third-order valence-electron chi connectivity index (χ3n) is 1.96. The summed E-state index contributed by atoms with van der Waals surface area (Å²) in [5, 5.41) is 8.43. The summed E-state index contributed by atoms with van der Waals surface area (Å²) in [7, 11) is 0. The molecule has 0 aromatic rings. The van der Waals surface area contributed by atoms with E-state index in [9.17, 15) is 9.59 Å². The van der Waals surface area contributed by atoms with E-state index in [1.807, 2.05) is 0 Å². The molecule has 15 heavy (non-hydrogen) atoms. The molecule has 1 unspecified atom stereocenters. The summed E-state index contributed by atoms with van der Waals surface area (Å²) in [6.45, 7) is 2.47. The summed E-state index contributed by atoms with van der Waals surface area (Å²) in [5.74, 6) is 1.10. The van der Waals surface area contributed by atoms with E-state index in [1.54, 1.807) is 6.92 Å². The van der Waals surface area contributed by atoms with E-state index in [4.69, 9.17) is 17.3 Å². The number of rotatable bonds is 6. The number of aliphatic carboxylic acids is 1. The number of amides is 1. The van der Waals surface area contributed by atoms with E-state index in [-0.39, 0.29) is 25.3 Å². The van der Waals surface area contributed by atoms with Crippen LogP contribution in [0.5, 0.6) is 0 Å². The predicted octanol–water partition coefficient (Wildman–Crippen LogP) is -0.340. The molecule has 0 fully saturated rings. The first-order valence-electron chi connectivity index (χ1n) is 4.72. The Morgan fingerprint density at radius 1 is 1.60 bits per heavy atom. The van der Waals surface area contributed by atoms with Crippen LogP contribution >= 0.6 is 0 Å². The average molecular weight is 212 g/mol. The molecule has 1 atom stereocenters. The minimum absolute atomic E-state index is 0.111. The number of nitrogens with zero attached hydrogens (tertiary/aromatic N) is 1. The van der Waals surface area contributed by atoms with Gasteiger partial charge in [-0.3, -0.25) is 9.59 Å². The second-order valence-corrected chi connectivity index (χ2v) is 3.10. The number of carbonyl (C=O) groups is 2. The van der Waals surface area contributed by atoms with Gasteiger partial charge in [-0.2, -0.15) is 0 Å². The van der Waals surface area contributed by atoms with Gasteiger partial charge in [0.05, 0.1) is 12.6 Å². The van der Waals surface area contributed by atoms with Gasteiger partial charge in [0.15, 0.2) is 0 Å². The molecule has 0 heterocycles. The predicted molar refractivity (Wildman–Crippen MR) is 55.9 cm³/mol. The molecule has 0 spiro atoms. The van der Waals surface area contributed by atoms with Gasteiger partial charge in [-0.25, -0.2) is 0 Å². The summed E-state index contributed by atoms with van der Waals surface area (Å²) in [5.41, 5.74) is 5.55. The highest BCUT2D eigenvalue weighted by molar-refractivity contribution is 5.82. The van der Waals surface area contributed by atoms with Crippen molar-refractivity contribution in [2.75, 3.05) is 13.1 Å². The average Bonchev–Trinajstić information content (AvgIpc) is 2.21. The molecule has 1 amide bonds. The zero-order valence-electron chi connectivity index (χ0n) is 8.77. The lowest BCUT2D eigenvalue weighted by Gasteiger charge is -2.21. The molecule has 0 bridgehead atoms. The Morgan fingerprint density at radius 2 is 2.20 bits per heavy atom. The van der Waals surface area contributed by atoms with Gasteiger partial charge in [0.2, 0.25) is 5.91 Å². The van der Waals surface area contributed by atoms with E-state index in [2.05, 4.69) is 5.92 Å². The third-order valence-corrected chi connectivity index (χ3v) is 1.96.